The highest BCUT2D eigenvalue weighted by Gasteiger charge is 2.22. The highest BCUT2D eigenvalue weighted by Crippen LogP contribution is 2.38. The Labute approximate surface area is 238 Å². The summed E-state index contributed by atoms with van der Waals surface area (Å²) in [6.45, 7) is 2.25. The summed E-state index contributed by atoms with van der Waals surface area (Å²) in [5, 5.41) is 6.67. The molecule has 0 bridgehead atoms. The number of halogens is 1. The van der Waals surface area contributed by atoms with Crippen molar-refractivity contribution < 1.29 is 13.9 Å². The van der Waals surface area contributed by atoms with E-state index in [1.54, 1.807) is 31.4 Å². The van der Waals surface area contributed by atoms with Gasteiger partial charge in [0.2, 0.25) is 5.91 Å². The summed E-state index contributed by atoms with van der Waals surface area (Å²) >= 11 is 0. The van der Waals surface area contributed by atoms with Gasteiger partial charge in [0.05, 0.1) is 35.1 Å². The molecule has 2 aliphatic carbocycles. The smallest absolute Gasteiger partial charge is 0.259 e. The molecule has 4 aromatic rings. The van der Waals surface area contributed by atoms with Gasteiger partial charge >= 0.3 is 0 Å². The number of rotatable bonds is 6. The Morgan fingerprint density at radius 3 is 2.63 bits per heavy atom. The molecular formula is C33H35FN4O3. The summed E-state index contributed by atoms with van der Waals surface area (Å²) in [5.74, 6) is 0.693. The molecule has 2 heterocycles. The normalized spacial score (nSPS) is 17.2. The summed E-state index contributed by atoms with van der Waals surface area (Å²) < 4.78 is 21.2. The van der Waals surface area contributed by atoms with E-state index >= 15 is 4.39 Å². The Kier molecular flexibility index (Phi) is 7.47. The average Bonchev–Trinajstić information content (AvgIpc) is 2.97. The van der Waals surface area contributed by atoms with Crippen LogP contribution in [0.15, 0.2) is 53.5 Å². The van der Waals surface area contributed by atoms with Crippen molar-refractivity contribution >= 4 is 33.9 Å². The zero-order valence-electron chi connectivity index (χ0n) is 23.5. The molecule has 1 fully saturated rings. The number of aromatic amines is 1. The Bertz CT molecular complexity index is 1680. The van der Waals surface area contributed by atoms with Crippen LogP contribution in [0.2, 0.25) is 0 Å². The van der Waals surface area contributed by atoms with Gasteiger partial charge in [0, 0.05) is 23.4 Å². The van der Waals surface area contributed by atoms with Crippen LogP contribution in [0.25, 0.3) is 22.2 Å². The lowest BCUT2D eigenvalue weighted by atomic mass is 9.84. The maximum Gasteiger partial charge on any atom is 0.259 e. The minimum absolute atomic E-state index is 0.0239. The van der Waals surface area contributed by atoms with Crippen molar-refractivity contribution in [3.05, 3.63) is 76.0 Å². The quantitative estimate of drug-likeness (QED) is 0.236. The molecule has 0 spiro atoms. The highest BCUT2D eigenvalue weighted by atomic mass is 19.1. The number of H-pyrrole nitrogens is 1. The summed E-state index contributed by atoms with van der Waals surface area (Å²) in [7, 11) is 1.63. The third kappa shape index (κ3) is 5.56. The first-order valence-corrected chi connectivity index (χ1v) is 14.5. The van der Waals surface area contributed by atoms with Crippen LogP contribution < -0.4 is 20.9 Å². The van der Waals surface area contributed by atoms with E-state index in [9.17, 15) is 9.59 Å². The molecule has 41 heavy (non-hydrogen) atoms. The molecule has 1 amide bonds. The van der Waals surface area contributed by atoms with Crippen LogP contribution in [0.5, 0.6) is 5.75 Å². The molecule has 2 aliphatic rings. The van der Waals surface area contributed by atoms with E-state index in [0.29, 0.717) is 39.6 Å². The molecule has 0 radical (unpaired) electrons. The predicted molar refractivity (Wildman–Crippen MR) is 160 cm³/mol. The van der Waals surface area contributed by atoms with Crippen LogP contribution in [-0.2, 0) is 17.6 Å². The minimum atomic E-state index is -0.505. The second-order valence-electron chi connectivity index (χ2n) is 11.4. The Morgan fingerprint density at radius 1 is 1.02 bits per heavy atom. The average molecular weight is 555 g/mol. The number of nitrogens with zero attached hydrogens (tertiary/aromatic N) is 1. The fraction of sp³-hybridized carbons (Fsp3) is 0.364. The van der Waals surface area contributed by atoms with Crippen molar-refractivity contribution in [3.8, 4) is 17.0 Å². The maximum atomic E-state index is 15.5. The van der Waals surface area contributed by atoms with E-state index in [-0.39, 0.29) is 22.9 Å². The number of carbonyl (C=O) groups is 1. The molecule has 3 N–H and O–H groups in total. The molecule has 2 aromatic carbocycles. The summed E-state index contributed by atoms with van der Waals surface area (Å²) in [4.78, 5) is 33.0. The first kappa shape index (κ1) is 27.0. The summed E-state index contributed by atoms with van der Waals surface area (Å²) in [5.41, 5.74) is 5.00. The molecule has 0 aliphatic heterocycles. The van der Waals surface area contributed by atoms with Crippen molar-refractivity contribution in [1.82, 2.24) is 9.97 Å². The lowest BCUT2D eigenvalue weighted by molar-refractivity contribution is -0.120. The number of methoxy groups -OCH3 is 1. The Morgan fingerprint density at radius 2 is 1.85 bits per heavy atom. The highest BCUT2D eigenvalue weighted by molar-refractivity contribution is 5.96. The number of fused-ring (bicyclic) bond motifs is 2. The first-order chi connectivity index (χ1) is 19.9. The van der Waals surface area contributed by atoms with Gasteiger partial charge < -0.3 is 20.4 Å². The molecule has 8 heteroatoms. The molecule has 2 aromatic heterocycles. The lowest BCUT2D eigenvalue weighted by Crippen LogP contribution is -2.24. The number of hydrogen-bond acceptors (Lipinski definition) is 5. The van der Waals surface area contributed by atoms with Crippen LogP contribution >= 0.6 is 0 Å². The number of amides is 1. The van der Waals surface area contributed by atoms with Crippen molar-refractivity contribution in [3.63, 3.8) is 0 Å². The zero-order chi connectivity index (χ0) is 28.5. The van der Waals surface area contributed by atoms with E-state index < -0.39 is 5.82 Å². The Hall–Kier alpha value is -4.20. The molecular weight excluding hydrogens is 519 g/mol. The van der Waals surface area contributed by atoms with Crippen LogP contribution in [0.3, 0.4) is 0 Å². The Balaban J connectivity index is 1.36. The number of benzene rings is 2. The number of anilines is 3. The van der Waals surface area contributed by atoms with E-state index in [2.05, 4.69) is 39.7 Å². The van der Waals surface area contributed by atoms with E-state index in [1.807, 2.05) is 0 Å². The maximum absolute atomic E-state index is 15.5. The number of hydrogen-bond donors (Lipinski definition) is 3. The van der Waals surface area contributed by atoms with Crippen molar-refractivity contribution in [2.24, 2.45) is 11.8 Å². The second kappa shape index (κ2) is 11.4. The topological polar surface area (TPSA) is 96.1 Å². The summed E-state index contributed by atoms with van der Waals surface area (Å²) in [6, 6.07) is 12.2. The lowest BCUT2D eigenvalue weighted by Gasteiger charge is -2.24. The van der Waals surface area contributed by atoms with E-state index in [0.717, 1.165) is 57.1 Å². The number of aromatic nitrogens is 2. The molecule has 7 nitrogen and oxygen atoms in total. The predicted octanol–water partition coefficient (Wildman–Crippen LogP) is 7.13. The van der Waals surface area contributed by atoms with Gasteiger partial charge in [0.1, 0.15) is 11.6 Å². The molecule has 1 atom stereocenters. The first-order valence-electron chi connectivity index (χ1n) is 14.5. The monoisotopic (exact) mass is 554 g/mol. The van der Waals surface area contributed by atoms with Crippen LogP contribution in [-0.4, -0.2) is 23.0 Å². The van der Waals surface area contributed by atoms with Gasteiger partial charge in [-0.15, -0.1) is 0 Å². The van der Waals surface area contributed by atoms with Crippen molar-refractivity contribution in [1.29, 1.82) is 0 Å². The van der Waals surface area contributed by atoms with Crippen molar-refractivity contribution in [2.45, 2.75) is 58.3 Å². The van der Waals surface area contributed by atoms with Gasteiger partial charge in [-0.25, -0.2) is 9.37 Å². The largest absolute Gasteiger partial charge is 0.495 e. The van der Waals surface area contributed by atoms with Gasteiger partial charge in [0.25, 0.3) is 5.56 Å². The van der Waals surface area contributed by atoms with Gasteiger partial charge in [-0.1, -0.05) is 26.2 Å². The van der Waals surface area contributed by atoms with Gasteiger partial charge in [0.15, 0.2) is 0 Å². The number of carbonyl (C=O) groups excluding carboxylic acids is 1. The van der Waals surface area contributed by atoms with Crippen LogP contribution in [0.4, 0.5) is 21.5 Å². The molecule has 6 rings (SSSR count). The fourth-order valence-electron chi connectivity index (χ4n) is 6.22. The fourth-order valence-corrected chi connectivity index (χ4v) is 6.22. The standard InChI is InChI=1S/C33H35FN4O3/c1-19-8-9-21-16-30(41-2)28(15-22(21)14-19)38-29-18-27(37-26-12-13-35-33(40)31(26)29)24-11-10-23(17-25(24)34)36-32(39)20-6-4-3-5-7-20/h10-13,15-20H,3-9,14H2,1-2H3,(H,35,40)(H,36,39)(H,37,38). The van der Waals surface area contributed by atoms with Crippen molar-refractivity contribution in [2.75, 3.05) is 17.7 Å². The van der Waals surface area contributed by atoms with Crippen LogP contribution in [0, 0.1) is 17.7 Å². The molecule has 1 saturated carbocycles. The molecule has 212 valence electrons. The van der Waals surface area contributed by atoms with Gasteiger partial charge in [-0.2, -0.15) is 0 Å². The number of nitrogens with one attached hydrogen (secondary N) is 3. The SMILES string of the molecule is COc1cc2c(cc1Nc1cc(-c3ccc(NC(=O)C4CCCCC4)cc3F)nc3cc[nH]c(=O)c13)CC(C)CC2. The van der Waals surface area contributed by atoms with Gasteiger partial charge in [-0.05, 0) is 91.6 Å². The number of pyridine rings is 2. The zero-order valence-corrected chi connectivity index (χ0v) is 23.5. The molecule has 1 unspecified atom stereocenters. The number of ether oxygens (including phenoxy) is 1. The minimum Gasteiger partial charge on any atom is -0.495 e. The number of aryl methyl sites for hydroxylation is 1. The van der Waals surface area contributed by atoms with Gasteiger partial charge in [-0.3, -0.25) is 9.59 Å². The van der Waals surface area contributed by atoms with Crippen LogP contribution in [0.1, 0.15) is 56.6 Å². The third-order valence-corrected chi connectivity index (χ3v) is 8.48. The third-order valence-electron chi connectivity index (χ3n) is 8.48. The summed E-state index contributed by atoms with van der Waals surface area (Å²) in [6.07, 6.45) is 9.66. The van der Waals surface area contributed by atoms with E-state index in [4.69, 9.17) is 4.74 Å². The second-order valence-corrected chi connectivity index (χ2v) is 11.4. The van der Waals surface area contributed by atoms with E-state index in [1.165, 1.54) is 23.4 Å². The molecule has 0 saturated heterocycles.